The number of esters is 2. The lowest BCUT2D eigenvalue weighted by atomic mass is 9.95. The first-order valence-electron chi connectivity index (χ1n) is 13.2. The van der Waals surface area contributed by atoms with E-state index in [0.29, 0.717) is 56.6 Å². The first-order chi connectivity index (χ1) is 19.7. The summed E-state index contributed by atoms with van der Waals surface area (Å²) >= 11 is 1.20. The number of benzene rings is 2. The third kappa shape index (κ3) is 6.19. The molecular formula is C30H32N2O8S. The second kappa shape index (κ2) is 12.9. The average Bonchev–Trinajstić information content (AvgIpc) is 3.23. The molecule has 1 aliphatic rings. The maximum absolute atomic E-state index is 13.9. The fourth-order valence-electron chi connectivity index (χ4n) is 4.51. The second-order valence-corrected chi connectivity index (χ2v) is 9.89. The maximum atomic E-state index is 13.9. The van der Waals surface area contributed by atoms with E-state index in [1.807, 2.05) is 13.8 Å². The number of fused-ring (bicyclic) bond motifs is 1. The number of thiazole rings is 1. The number of nitrogens with zero attached hydrogens (tertiary/aromatic N) is 2. The van der Waals surface area contributed by atoms with Gasteiger partial charge in [-0.2, -0.15) is 0 Å². The van der Waals surface area contributed by atoms with Gasteiger partial charge in [0.25, 0.3) is 5.56 Å². The van der Waals surface area contributed by atoms with E-state index in [0.717, 1.165) is 0 Å². The summed E-state index contributed by atoms with van der Waals surface area (Å²) in [6.45, 7) is 9.39. The Morgan fingerprint density at radius 1 is 0.976 bits per heavy atom. The van der Waals surface area contributed by atoms with E-state index in [1.54, 1.807) is 63.4 Å². The molecule has 0 N–H and O–H groups in total. The summed E-state index contributed by atoms with van der Waals surface area (Å²) in [6.07, 6.45) is 1.71. The highest BCUT2D eigenvalue weighted by atomic mass is 32.1. The SMILES string of the molecule is CCOC(=O)C1=C(C)N=c2s/c(=C\c3ccc(OC(C)=O)c(OCC)c3)c(=O)n2[C@@H]1c1ccc(OC)c(OCC)c1. The minimum atomic E-state index is -0.803. The van der Waals surface area contributed by atoms with Crippen molar-refractivity contribution >= 4 is 29.4 Å². The van der Waals surface area contributed by atoms with E-state index in [4.69, 9.17) is 23.7 Å². The molecule has 0 amide bonds. The molecule has 1 atom stereocenters. The maximum Gasteiger partial charge on any atom is 0.338 e. The van der Waals surface area contributed by atoms with Crippen LogP contribution in [0, 0.1) is 0 Å². The van der Waals surface area contributed by atoms with Gasteiger partial charge >= 0.3 is 11.9 Å². The van der Waals surface area contributed by atoms with Gasteiger partial charge in [-0.3, -0.25) is 14.2 Å². The first-order valence-corrected chi connectivity index (χ1v) is 14.0. The van der Waals surface area contributed by atoms with Crippen LogP contribution in [-0.2, 0) is 14.3 Å². The third-order valence-corrected chi connectivity index (χ3v) is 7.12. The molecule has 3 aromatic rings. The fourth-order valence-corrected chi connectivity index (χ4v) is 5.56. The molecular weight excluding hydrogens is 548 g/mol. The Balaban J connectivity index is 1.91. The van der Waals surface area contributed by atoms with Crippen molar-refractivity contribution in [3.8, 4) is 23.0 Å². The molecule has 10 nitrogen and oxygen atoms in total. The van der Waals surface area contributed by atoms with Crippen LogP contribution >= 0.6 is 11.3 Å². The number of hydrogen-bond donors (Lipinski definition) is 0. The topological polar surface area (TPSA) is 115 Å². The first kappa shape index (κ1) is 29.6. The van der Waals surface area contributed by atoms with Crippen molar-refractivity contribution in [3.05, 3.63) is 78.5 Å². The second-order valence-electron chi connectivity index (χ2n) is 8.88. The molecule has 0 unspecified atom stereocenters. The summed E-state index contributed by atoms with van der Waals surface area (Å²) in [6, 6.07) is 9.55. The predicted octanol–water partition coefficient (Wildman–Crippen LogP) is 3.53. The number of hydrogen-bond acceptors (Lipinski definition) is 10. The molecule has 2 aromatic carbocycles. The molecule has 0 bridgehead atoms. The van der Waals surface area contributed by atoms with Crippen LogP contribution < -0.4 is 33.8 Å². The quantitative estimate of drug-likeness (QED) is 0.264. The number of rotatable bonds is 10. The van der Waals surface area contributed by atoms with Crippen LogP contribution in [0.25, 0.3) is 6.08 Å². The van der Waals surface area contributed by atoms with E-state index in [-0.39, 0.29) is 23.5 Å². The van der Waals surface area contributed by atoms with Crippen LogP contribution in [-0.4, -0.2) is 43.4 Å². The summed E-state index contributed by atoms with van der Waals surface area (Å²) in [4.78, 5) is 43.7. The Morgan fingerprint density at radius 2 is 1.66 bits per heavy atom. The zero-order chi connectivity index (χ0) is 29.7. The Morgan fingerprint density at radius 3 is 2.29 bits per heavy atom. The fraction of sp³-hybridized carbons (Fsp3) is 0.333. The van der Waals surface area contributed by atoms with E-state index < -0.39 is 18.0 Å². The van der Waals surface area contributed by atoms with Crippen LogP contribution in [0.1, 0.15) is 51.8 Å². The number of allylic oxidation sites excluding steroid dienone is 1. The molecule has 2 heterocycles. The molecule has 0 spiro atoms. The molecule has 0 saturated carbocycles. The van der Waals surface area contributed by atoms with Gasteiger partial charge in [-0.1, -0.05) is 23.5 Å². The molecule has 1 aromatic heterocycles. The summed E-state index contributed by atoms with van der Waals surface area (Å²) < 4.78 is 29.4. The van der Waals surface area contributed by atoms with Gasteiger partial charge in [-0.05, 0) is 69.2 Å². The van der Waals surface area contributed by atoms with Crippen molar-refractivity contribution in [1.29, 1.82) is 0 Å². The number of aromatic nitrogens is 1. The van der Waals surface area contributed by atoms with Gasteiger partial charge < -0.3 is 23.7 Å². The normalized spacial score (nSPS) is 14.7. The summed E-state index contributed by atoms with van der Waals surface area (Å²) in [5, 5.41) is 0. The molecule has 0 saturated heterocycles. The monoisotopic (exact) mass is 580 g/mol. The van der Waals surface area contributed by atoms with Crippen LogP contribution in [0.3, 0.4) is 0 Å². The largest absolute Gasteiger partial charge is 0.493 e. The van der Waals surface area contributed by atoms with Gasteiger partial charge in [0.1, 0.15) is 0 Å². The Hall–Kier alpha value is -4.38. The smallest absolute Gasteiger partial charge is 0.338 e. The average molecular weight is 581 g/mol. The van der Waals surface area contributed by atoms with Gasteiger partial charge in [0.15, 0.2) is 27.8 Å². The molecule has 1 aliphatic heterocycles. The Bertz CT molecular complexity index is 1690. The summed E-state index contributed by atoms with van der Waals surface area (Å²) in [5.41, 5.74) is 1.70. The third-order valence-electron chi connectivity index (χ3n) is 6.14. The van der Waals surface area contributed by atoms with E-state index >= 15 is 0 Å². The lowest BCUT2D eigenvalue weighted by Crippen LogP contribution is -2.40. The van der Waals surface area contributed by atoms with Crippen molar-refractivity contribution in [2.75, 3.05) is 26.9 Å². The molecule has 11 heteroatoms. The Kier molecular flexibility index (Phi) is 9.28. The van der Waals surface area contributed by atoms with Crippen LogP contribution in [0.5, 0.6) is 23.0 Å². The van der Waals surface area contributed by atoms with Crippen molar-refractivity contribution in [2.24, 2.45) is 4.99 Å². The minimum absolute atomic E-state index is 0.172. The highest BCUT2D eigenvalue weighted by Crippen LogP contribution is 2.36. The number of carbonyl (C=O) groups excluding carboxylic acids is 2. The van der Waals surface area contributed by atoms with Gasteiger partial charge in [-0.15, -0.1) is 0 Å². The summed E-state index contributed by atoms with van der Waals surface area (Å²) in [5.74, 6) is 0.670. The minimum Gasteiger partial charge on any atom is -0.493 e. The highest BCUT2D eigenvalue weighted by molar-refractivity contribution is 7.07. The van der Waals surface area contributed by atoms with Crippen LogP contribution in [0.4, 0.5) is 0 Å². The number of ether oxygens (including phenoxy) is 5. The number of methoxy groups -OCH3 is 1. The lowest BCUT2D eigenvalue weighted by molar-refractivity contribution is -0.139. The van der Waals surface area contributed by atoms with Crippen molar-refractivity contribution in [1.82, 2.24) is 4.57 Å². The Labute approximate surface area is 241 Å². The molecule has 0 radical (unpaired) electrons. The van der Waals surface area contributed by atoms with Crippen LogP contribution in [0.2, 0.25) is 0 Å². The molecule has 216 valence electrons. The van der Waals surface area contributed by atoms with Gasteiger partial charge in [0.05, 0.1) is 48.8 Å². The standard InChI is InChI=1S/C30H32N2O8S/c1-7-37-23-14-19(10-12-22(23)40-18(5)33)15-25-28(34)32-27(20-11-13-21(36-6)24(16-20)38-8-2)26(29(35)39-9-3)17(4)31-30(32)41-25/h10-16,27H,7-9H2,1-6H3/b25-15-/t27-/m1/s1. The lowest BCUT2D eigenvalue weighted by Gasteiger charge is -2.25. The molecule has 41 heavy (non-hydrogen) atoms. The molecule has 4 rings (SSSR count). The summed E-state index contributed by atoms with van der Waals surface area (Å²) in [7, 11) is 1.55. The van der Waals surface area contributed by atoms with Crippen LogP contribution in [0.15, 0.2) is 57.5 Å². The van der Waals surface area contributed by atoms with Gasteiger partial charge in [0.2, 0.25) is 0 Å². The number of carbonyl (C=O) groups is 2. The van der Waals surface area contributed by atoms with Gasteiger partial charge in [0, 0.05) is 6.92 Å². The highest BCUT2D eigenvalue weighted by Gasteiger charge is 2.34. The van der Waals surface area contributed by atoms with E-state index in [2.05, 4.69) is 4.99 Å². The zero-order valence-corrected chi connectivity index (χ0v) is 24.6. The predicted molar refractivity (Wildman–Crippen MR) is 153 cm³/mol. The zero-order valence-electron chi connectivity index (χ0n) is 23.8. The van der Waals surface area contributed by atoms with E-state index in [9.17, 15) is 14.4 Å². The van der Waals surface area contributed by atoms with Crippen molar-refractivity contribution < 1.29 is 33.3 Å². The van der Waals surface area contributed by atoms with E-state index in [1.165, 1.54) is 22.8 Å². The van der Waals surface area contributed by atoms with Crippen molar-refractivity contribution in [3.63, 3.8) is 0 Å². The molecule has 0 fully saturated rings. The van der Waals surface area contributed by atoms with Crippen molar-refractivity contribution in [2.45, 2.75) is 40.7 Å². The molecule has 0 aliphatic carbocycles. The van der Waals surface area contributed by atoms with Gasteiger partial charge in [-0.25, -0.2) is 9.79 Å².